The Hall–Kier alpha value is -2.75. The predicted molar refractivity (Wildman–Crippen MR) is 86.1 cm³/mol. The number of halogens is 4. The second-order valence-electron chi connectivity index (χ2n) is 5.51. The summed E-state index contributed by atoms with van der Waals surface area (Å²) in [5.41, 5.74) is -2.06. The van der Waals surface area contributed by atoms with Crippen LogP contribution >= 0.6 is 11.3 Å². The zero-order chi connectivity index (χ0) is 19.2. The van der Waals surface area contributed by atoms with E-state index in [4.69, 9.17) is 5.11 Å². The summed E-state index contributed by atoms with van der Waals surface area (Å²) in [6, 6.07) is 2.85. The first kappa shape index (κ1) is 18.1. The van der Waals surface area contributed by atoms with Crippen LogP contribution in [0.2, 0.25) is 0 Å². The van der Waals surface area contributed by atoms with Crippen LogP contribution in [0.25, 0.3) is 10.2 Å². The van der Waals surface area contributed by atoms with E-state index in [1.807, 2.05) is 0 Å². The number of aryl methyl sites for hydroxylation is 1. The molecule has 2 heterocycles. The summed E-state index contributed by atoms with van der Waals surface area (Å²) in [5, 5.41) is 9.22. The number of fused-ring (bicyclic) bond motifs is 1. The van der Waals surface area contributed by atoms with E-state index >= 15 is 0 Å². The summed E-state index contributed by atoms with van der Waals surface area (Å²) in [4.78, 5) is 29.9. The molecule has 3 rings (SSSR count). The Morgan fingerprint density at radius 1 is 1.35 bits per heavy atom. The standard InChI is InChI=1S/C16H10F4N2O3S/c1-6-10-13(23)21-9(22-14(10)26-12(6)15(24)25)5-7-3-2-4-8(11(7)17)16(18,19)20/h2-4H,5H2,1H3,(H,24,25)(H,21,22,23). The minimum atomic E-state index is -4.84. The van der Waals surface area contributed by atoms with Gasteiger partial charge < -0.3 is 10.1 Å². The van der Waals surface area contributed by atoms with Crippen LogP contribution in [0.1, 0.15) is 32.2 Å². The Labute approximate surface area is 146 Å². The number of aromatic nitrogens is 2. The van der Waals surface area contributed by atoms with Gasteiger partial charge in [-0.25, -0.2) is 14.2 Å². The summed E-state index contributed by atoms with van der Waals surface area (Å²) < 4.78 is 52.5. The molecular formula is C16H10F4N2O3S. The van der Waals surface area contributed by atoms with Crippen LogP contribution in [0.5, 0.6) is 0 Å². The fourth-order valence-electron chi connectivity index (χ4n) is 2.59. The molecule has 0 aliphatic rings. The van der Waals surface area contributed by atoms with Crippen molar-refractivity contribution in [1.82, 2.24) is 9.97 Å². The molecule has 26 heavy (non-hydrogen) atoms. The lowest BCUT2D eigenvalue weighted by molar-refractivity contribution is -0.140. The van der Waals surface area contributed by atoms with E-state index < -0.39 is 29.1 Å². The molecule has 0 fully saturated rings. The maximum absolute atomic E-state index is 14.1. The summed E-state index contributed by atoms with van der Waals surface area (Å²) in [7, 11) is 0. The van der Waals surface area contributed by atoms with E-state index in [9.17, 15) is 27.2 Å². The van der Waals surface area contributed by atoms with Crippen molar-refractivity contribution in [1.29, 1.82) is 0 Å². The lowest BCUT2D eigenvalue weighted by atomic mass is 10.1. The highest BCUT2D eigenvalue weighted by Crippen LogP contribution is 2.33. The highest BCUT2D eigenvalue weighted by molar-refractivity contribution is 7.20. The van der Waals surface area contributed by atoms with Gasteiger partial charge in [0.1, 0.15) is 21.3 Å². The SMILES string of the molecule is Cc1c(C(=O)O)sc2nc(Cc3cccc(C(F)(F)F)c3F)[nH]c(=O)c12. The number of aromatic carboxylic acids is 1. The third-order valence-electron chi connectivity index (χ3n) is 3.79. The van der Waals surface area contributed by atoms with Crippen molar-refractivity contribution >= 4 is 27.5 Å². The Morgan fingerprint density at radius 2 is 2.04 bits per heavy atom. The van der Waals surface area contributed by atoms with Gasteiger partial charge in [0.2, 0.25) is 0 Å². The summed E-state index contributed by atoms with van der Waals surface area (Å²) >= 11 is 0.778. The number of hydrogen-bond donors (Lipinski definition) is 2. The molecule has 0 saturated carbocycles. The Balaban J connectivity index is 2.08. The molecule has 0 atom stereocenters. The number of carboxylic acid groups (broad SMARTS) is 1. The number of hydrogen-bond acceptors (Lipinski definition) is 4. The van der Waals surface area contributed by atoms with Gasteiger partial charge in [0.25, 0.3) is 5.56 Å². The number of carbonyl (C=O) groups is 1. The van der Waals surface area contributed by atoms with Gasteiger partial charge in [0.05, 0.1) is 10.9 Å². The van der Waals surface area contributed by atoms with Gasteiger partial charge in [-0.05, 0) is 24.1 Å². The molecule has 0 spiro atoms. The molecule has 2 aromatic heterocycles. The van der Waals surface area contributed by atoms with Crippen LogP contribution in [0.15, 0.2) is 23.0 Å². The summed E-state index contributed by atoms with van der Waals surface area (Å²) in [5.74, 6) is -2.70. The van der Waals surface area contributed by atoms with E-state index in [-0.39, 0.29) is 38.5 Å². The second kappa shape index (κ2) is 6.20. The Kier molecular flexibility index (Phi) is 4.31. The molecule has 3 aromatic rings. The van der Waals surface area contributed by atoms with Gasteiger partial charge >= 0.3 is 12.1 Å². The number of aromatic amines is 1. The molecule has 0 amide bonds. The quantitative estimate of drug-likeness (QED) is 0.672. The third kappa shape index (κ3) is 3.07. The maximum Gasteiger partial charge on any atom is 0.419 e. The zero-order valence-corrected chi connectivity index (χ0v) is 13.9. The lowest BCUT2D eigenvalue weighted by Crippen LogP contribution is -2.14. The number of H-pyrrole nitrogens is 1. The molecule has 0 unspecified atom stereocenters. The molecule has 1 aromatic carbocycles. The maximum atomic E-state index is 14.1. The number of nitrogens with zero attached hydrogens (tertiary/aromatic N) is 1. The number of carboxylic acids is 1. The summed E-state index contributed by atoms with van der Waals surface area (Å²) in [6.45, 7) is 1.46. The van der Waals surface area contributed by atoms with Gasteiger partial charge in [0, 0.05) is 6.42 Å². The molecule has 0 aliphatic carbocycles. The van der Waals surface area contributed by atoms with E-state index in [0.29, 0.717) is 6.07 Å². The molecule has 2 N–H and O–H groups in total. The van der Waals surface area contributed by atoms with Gasteiger partial charge in [-0.15, -0.1) is 11.3 Å². The van der Waals surface area contributed by atoms with Crippen molar-refractivity contribution in [2.75, 3.05) is 0 Å². The number of alkyl halides is 3. The van der Waals surface area contributed by atoms with Gasteiger partial charge in [0.15, 0.2) is 0 Å². The molecule has 0 aliphatic heterocycles. The highest BCUT2D eigenvalue weighted by atomic mass is 32.1. The Bertz CT molecular complexity index is 1090. The normalized spacial score (nSPS) is 11.9. The first-order valence-electron chi connectivity index (χ1n) is 7.19. The first-order chi connectivity index (χ1) is 12.1. The van der Waals surface area contributed by atoms with Gasteiger partial charge in [-0.1, -0.05) is 12.1 Å². The van der Waals surface area contributed by atoms with Crippen molar-refractivity contribution < 1.29 is 27.5 Å². The Morgan fingerprint density at radius 3 is 2.65 bits per heavy atom. The molecule has 0 radical (unpaired) electrons. The summed E-state index contributed by atoms with van der Waals surface area (Å²) in [6.07, 6.45) is -5.22. The number of rotatable bonds is 3. The fourth-order valence-corrected chi connectivity index (χ4v) is 3.63. The van der Waals surface area contributed by atoms with E-state index in [1.54, 1.807) is 0 Å². The van der Waals surface area contributed by atoms with Crippen LogP contribution in [0.4, 0.5) is 17.6 Å². The lowest BCUT2D eigenvalue weighted by Gasteiger charge is -2.11. The topological polar surface area (TPSA) is 83.0 Å². The minimum absolute atomic E-state index is 0.0552. The molecule has 136 valence electrons. The van der Waals surface area contributed by atoms with Crippen molar-refractivity contribution in [2.24, 2.45) is 0 Å². The average molecular weight is 386 g/mol. The van der Waals surface area contributed by atoms with Crippen LogP contribution in [0.3, 0.4) is 0 Å². The van der Waals surface area contributed by atoms with Crippen LogP contribution < -0.4 is 5.56 Å². The van der Waals surface area contributed by atoms with Crippen LogP contribution in [-0.4, -0.2) is 21.0 Å². The monoisotopic (exact) mass is 386 g/mol. The van der Waals surface area contributed by atoms with Crippen LogP contribution in [0, 0.1) is 12.7 Å². The first-order valence-corrected chi connectivity index (χ1v) is 8.01. The van der Waals surface area contributed by atoms with Crippen molar-refractivity contribution in [3.05, 3.63) is 61.8 Å². The third-order valence-corrected chi connectivity index (χ3v) is 4.96. The van der Waals surface area contributed by atoms with Gasteiger partial charge in [-0.3, -0.25) is 4.79 Å². The average Bonchev–Trinajstić information content (AvgIpc) is 2.85. The van der Waals surface area contributed by atoms with E-state index in [2.05, 4.69) is 9.97 Å². The smallest absolute Gasteiger partial charge is 0.419 e. The fraction of sp³-hybridized carbons (Fsp3) is 0.188. The van der Waals surface area contributed by atoms with E-state index in [1.165, 1.54) is 6.92 Å². The molecular weight excluding hydrogens is 376 g/mol. The molecule has 0 bridgehead atoms. The van der Waals surface area contributed by atoms with Crippen molar-refractivity contribution in [2.45, 2.75) is 19.5 Å². The molecule has 10 heteroatoms. The van der Waals surface area contributed by atoms with Gasteiger partial charge in [-0.2, -0.15) is 13.2 Å². The minimum Gasteiger partial charge on any atom is -0.477 e. The predicted octanol–water partition coefficient (Wildman–Crippen LogP) is 3.74. The number of nitrogens with one attached hydrogen (secondary N) is 1. The van der Waals surface area contributed by atoms with Crippen molar-refractivity contribution in [3.8, 4) is 0 Å². The molecule has 0 saturated heterocycles. The zero-order valence-electron chi connectivity index (χ0n) is 13.1. The van der Waals surface area contributed by atoms with Crippen LogP contribution in [-0.2, 0) is 12.6 Å². The van der Waals surface area contributed by atoms with E-state index in [0.717, 1.165) is 23.5 Å². The second-order valence-corrected chi connectivity index (χ2v) is 6.51. The largest absolute Gasteiger partial charge is 0.477 e. The number of thiophene rings is 1. The molecule has 5 nitrogen and oxygen atoms in total. The van der Waals surface area contributed by atoms with Crippen molar-refractivity contribution in [3.63, 3.8) is 0 Å². The highest BCUT2D eigenvalue weighted by Gasteiger charge is 2.34. The number of benzene rings is 1.